The highest BCUT2D eigenvalue weighted by Gasteiger charge is 2.19. The van der Waals surface area contributed by atoms with Gasteiger partial charge in [0.1, 0.15) is 6.04 Å². The summed E-state index contributed by atoms with van der Waals surface area (Å²) in [5.74, 6) is -1.38. The van der Waals surface area contributed by atoms with Crippen LogP contribution in [-0.2, 0) is 11.3 Å². The molecule has 0 aliphatic rings. The van der Waals surface area contributed by atoms with E-state index in [1.54, 1.807) is 6.07 Å². The fourth-order valence-electron chi connectivity index (χ4n) is 1.85. The van der Waals surface area contributed by atoms with Crippen LogP contribution in [0.25, 0.3) is 0 Å². The van der Waals surface area contributed by atoms with Gasteiger partial charge >= 0.3 is 5.97 Å². The van der Waals surface area contributed by atoms with E-state index in [0.29, 0.717) is 5.56 Å². The summed E-state index contributed by atoms with van der Waals surface area (Å²) in [5.41, 5.74) is 2.40. The van der Waals surface area contributed by atoms with E-state index in [0.717, 1.165) is 17.9 Å². The summed E-state index contributed by atoms with van der Waals surface area (Å²) in [6, 6.07) is 0.898. The third-order valence-electron chi connectivity index (χ3n) is 2.85. The van der Waals surface area contributed by atoms with Crippen molar-refractivity contribution < 1.29 is 14.7 Å². The summed E-state index contributed by atoms with van der Waals surface area (Å²) in [7, 11) is 0. The minimum absolute atomic E-state index is 0.340. The van der Waals surface area contributed by atoms with Crippen LogP contribution in [0.4, 0.5) is 0 Å². The lowest BCUT2D eigenvalue weighted by Gasteiger charge is -2.09. The number of hydrogen-bond donors (Lipinski definition) is 2. The number of carboxylic acids is 1. The average molecular weight is 238 g/mol. The van der Waals surface area contributed by atoms with Crippen molar-refractivity contribution in [2.24, 2.45) is 0 Å². The van der Waals surface area contributed by atoms with Gasteiger partial charge in [-0.05, 0) is 33.8 Å². The van der Waals surface area contributed by atoms with E-state index in [9.17, 15) is 9.59 Å². The van der Waals surface area contributed by atoms with Crippen molar-refractivity contribution in [3.05, 3.63) is 23.0 Å². The molecule has 0 fully saturated rings. The molecule has 1 atom stereocenters. The molecule has 0 aromatic carbocycles. The highest BCUT2D eigenvalue weighted by Crippen LogP contribution is 2.14. The Kier molecular flexibility index (Phi) is 3.93. The van der Waals surface area contributed by atoms with Gasteiger partial charge in [-0.1, -0.05) is 0 Å². The first-order valence-corrected chi connectivity index (χ1v) is 5.58. The SMILES string of the molecule is CCn1c(C)cc(C(=O)N[C@H](C)C(=O)O)c1C. The van der Waals surface area contributed by atoms with Crippen LogP contribution in [0, 0.1) is 13.8 Å². The molecule has 94 valence electrons. The molecular formula is C12H18N2O3. The van der Waals surface area contributed by atoms with Gasteiger partial charge in [0.05, 0.1) is 5.56 Å². The molecule has 5 heteroatoms. The Labute approximate surface area is 100 Å². The van der Waals surface area contributed by atoms with Crippen LogP contribution in [0.5, 0.6) is 0 Å². The van der Waals surface area contributed by atoms with Crippen LogP contribution >= 0.6 is 0 Å². The topological polar surface area (TPSA) is 71.3 Å². The van der Waals surface area contributed by atoms with Crippen molar-refractivity contribution in [2.75, 3.05) is 0 Å². The number of carbonyl (C=O) groups excluding carboxylic acids is 1. The van der Waals surface area contributed by atoms with Crippen LogP contribution in [-0.4, -0.2) is 27.6 Å². The molecule has 1 rings (SSSR count). The number of hydrogen-bond acceptors (Lipinski definition) is 2. The van der Waals surface area contributed by atoms with E-state index in [4.69, 9.17) is 5.11 Å². The molecule has 1 heterocycles. The summed E-state index contributed by atoms with van der Waals surface area (Å²) in [6.07, 6.45) is 0. The van der Waals surface area contributed by atoms with Crippen LogP contribution in [0.1, 0.15) is 35.6 Å². The number of aliphatic carboxylic acids is 1. The number of amides is 1. The second-order valence-electron chi connectivity index (χ2n) is 4.06. The summed E-state index contributed by atoms with van der Waals surface area (Å²) in [5, 5.41) is 11.2. The molecule has 1 aromatic rings. The minimum atomic E-state index is -1.04. The van der Waals surface area contributed by atoms with Crippen molar-refractivity contribution in [2.45, 2.75) is 40.3 Å². The first-order chi connectivity index (χ1) is 7.88. The number of aromatic nitrogens is 1. The quantitative estimate of drug-likeness (QED) is 0.831. The third-order valence-corrected chi connectivity index (χ3v) is 2.85. The fourth-order valence-corrected chi connectivity index (χ4v) is 1.85. The molecule has 1 amide bonds. The second-order valence-corrected chi connectivity index (χ2v) is 4.06. The van der Waals surface area contributed by atoms with Gasteiger partial charge in [-0.15, -0.1) is 0 Å². The van der Waals surface area contributed by atoms with Gasteiger partial charge in [-0.3, -0.25) is 9.59 Å². The Morgan fingerprint density at radius 2 is 2.06 bits per heavy atom. The van der Waals surface area contributed by atoms with Gasteiger partial charge in [0.25, 0.3) is 5.91 Å². The number of aryl methyl sites for hydroxylation is 1. The van der Waals surface area contributed by atoms with Gasteiger partial charge < -0.3 is 15.0 Å². The van der Waals surface area contributed by atoms with Crippen molar-refractivity contribution >= 4 is 11.9 Å². The van der Waals surface area contributed by atoms with Gasteiger partial charge in [0.2, 0.25) is 0 Å². The van der Waals surface area contributed by atoms with E-state index in [2.05, 4.69) is 5.32 Å². The van der Waals surface area contributed by atoms with Gasteiger partial charge in [-0.25, -0.2) is 0 Å². The number of nitrogens with zero attached hydrogens (tertiary/aromatic N) is 1. The maximum atomic E-state index is 11.9. The standard InChI is InChI=1S/C12H18N2O3/c1-5-14-7(2)6-10(9(14)4)11(15)13-8(3)12(16)17/h6,8H,5H2,1-4H3,(H,13,15)(H,16,17)/t8-/m1/s1. The van der Waals surface area contributed by atoms with Crippen molar-refractivity contribution in [1.29, 1.82) is 0 Å². The number of nitrogens with one attached hydrogen (secondary N) is 1. The molecule has 1 aromatic heterocycles. The first-order valence-electron chi connectivity index (χ1n) is 5.58. The molecular weight excluding hydrogens is 220 g/mol. The summed E-state index contributed by atoms with van der Waals surface area (Å²) < 4.78 is 2.01. The zero-order chi connectivity index (χ0) is 13.2. The molecule has 17 heavy (non-hydrogen) atoms. The van der Waals surface area contributed by atoms with E-state index < -0.39 is 12.0 Å². The Hall–Kier alpha value is -1.78. The molecule has 0 unspecified atom stereocenters. The lowest BCUT2D eigenvalue weighted by Crippen LogP contribution is -2.38. The molecule has 0 spiro atoms. The van der Waals surface area contributed by atoms with E-state index in [-0.39, 0.29) is 5.91 Å². The molecule has 0 saturated heterocycles. The van der Waals surface area contributed by atoms with Crippen molar-refractivity contribution in [3.8, 4) is 0 Å². The predicted molar refractivity (Wildman–Crippen MR) is 64.1 cm³/mol. The Bertz CT molecular complexity index is 449. The van der Waals surface area contributed by atoms with Gasteiger partial charge in [0, 0.05) is 17.9 Å². The van der Waals surface area contributed by atoms with E-state index >= 15 is 0 Å². The number of carboxylic acid groups (broad SMARTS) is 1. The van der Waals surface area contributed by atoms with Crippen LogP contribution in [0.2, 0.25) is 0 Å². The first kappa shape index (κ1) is 13.3. The van der Waals surface area contributed by atoms with Crippen LogP contribution in [0.15, 0.2) is 6.07 Å². The molecule has 0 aliphatic heterocycles. The van der Waals surface area contributed by atoms with Crippen molar-refractivity contribution in [1.82, 2.24) is 9.88 Å². The second kappa shape index (κ2) is 5.03. The summed E-state index contributed by atoms with van der Waals surface area (Å²) >= 11 is 0. The smallest absolute Gasteiger partial charge is 0.325 e. The highest BCUT2D eigenvalue weighted by molar-refractivity contribution is 5.97. The van der Waals surface area contributed by atoms with E-state index in [1.165, 1.54) is 6.92 Å². The minimum Gasteiger partial charge on any atom is -0.480 e. The molecule has 0 saturated carbocycles. The number of rotatable bonds is 4. The predicted octanol–water partition coefficient (Wildman–Crippen LogP) is 1.33. The highest BCUT2D eigenvalue weighted by atomic mass is 16.4. The van der Waals surface area contributed by atoms with Crippen molar-refractivity contribution in [3.63, 3.8) is 0 Å². The summed E-state index contributed by atoms with van der Waals surface area (Å²) in [4.78, 5) is 22.5. The monoisotopic (exact) mass is 238 g/mol. The summed E-state index contributed by atoms with van der Waals surface area (Å²) in [6.45, 7) is 8.02. The fraction of sp³-hybridized carbons (Fsp3) is 0.500. The Morgan fingerprint density at radius 3 is 2.47 bits per heavy atom. The molecule has 2 N–H and O–H groups in total. The van der Waals surface area contributed by atoms with E-state index in [1.807, 2.05) is 25.3 Å². The Balaban J connectivity index is 2.94. The lowest BCUT2D eigenvalue weighted by atomic mass is 10.2. The average Bonchev–Trinajstić information content (AvgIpc) is 2.53. The van der Waals surface area contributed by atoms with Crippen LogP contribution in [0.3, 0.4) is 0 Å². The molecule has 5 nitrogen and oxygen atoms in total. The zero-order valence-electron chi connectivity index (χ0n) is 10.6. The number of carbonyl (C=O) groups is 2. The normalized spacial score (nSPS) is 12.2. The molecule has 0 bridgehead atoms. The maximum absolute atomic E-state index is 11.9. The molecule has 0 radical (unpaired) electrons. The molecule has 0 aliphatic carbocycles. The Morgan fingerprint density at radius 1 is 1.47 bits per heavy atom. The lowest BCUT2D eigenvalue weighted by molar-refractivity contribution is -0.138. The largest absolute Gasteiger partial charge is 0.480 e. The third kappa shape index (κ3) is 2.67. The zero-order valence-corrected chi connectivity index (χ0v) is 10.6. The van der Waals surface area contributed by atoms with Gasteiger partial charge in [0.15, 0.2) is 0 Å². The maximum Gasteiger partial charge on any atom is 0.325 e. The van der Waals surface area contributed by atoms with Gasteiger partial charge in [-0.2, -0.15) is 0 Å². The van der Waals surface area contributed by atoms with Crippen LogP contribution < -0.4 is 5.32 Å².